The predicted molar refractivity (Wildman–Crippen MR) is 53.7 cm³/mol. The third-order valence-electron chi connectivity index (χ3n) is 1.46. The zero-order valence-corrected chi connectivity index (χ0v) is 9.22. The third kappa shape index (κ3) is 11.7. The molecule has 5 heteroatoms. The minimum Gasteiger partial charge on any atom is -0.451 e. The topological polar surface area (TPSA) is 44.8 Å². The number of halogens is 1. The first-order valence-electron chi connectivity index (χ1n) is 4.75. The average Bonchev–Trinajstić information content (AvgIpc) is 2.15. The average molecular weight is 225 g/mol. The van der Waals surface area contributed by atoms with Crippen LogP contribution in [0.25, 0.3) is 0 Å². The number of hydrogen-bond acceptors (Lipinski definition) is 4. The number of ether oxygens (including phenoxy) is 3. The van der Waals surface area contributed by atoms with Gasteiger partial charge in [-0.05, 0) is 6.42 Å². The Kier molecular flexibility index (Phi) is 10.5. The van der Waals surface area contributed by atoms with Crippen LogP contribution >= 0.6 is 11.6 Å². The standard InChI is InChI=1S/C9H17ClO4/c1-2-3-4-12-5-6-13-7-8-14-9(10)11/h2-8H2,1H3. The molecule has 0 heterocycles. The molecular weight excluding hydrogens is 208 g/mol. The summed E-state index contributed by atoms with van der Waals surface area (Å²) >= 11 is 4.93. The Morgan fingerprint density at radius 2 is 1.64 bits per heavy atom. The van der Waals surface area contributed by atoms with Gasteiger partial charge >= 0.3 is 5.43 Å². The summed E-state index contributed by atoms with van der Waals surface area (Å²) in [6.45, 7) is 4.53. The molecule has 0 aliphatic heterocycles. The van der Waals surface area contributed by atoms with Crippen LogP contribution in [0.5, 0.6) is 0 Å². The highest BCUT2D eigenvalue weighted by Crippen LogP contribution is 1.89. The Balaban J connectivity index is 2.88. The lowest BCUT2D eigenvalue weighted by Gasteiger charge is -2.04. The Morgan fingerprint density at radius 1 is 1.07 bits per heavy atom. The Labute approximate surface area is 89.5 Å². The van der Waals surface area contributed by atoms with Crippen molar-refractivity contribution in [2.45, 2.75) is 19.8 Å². The zero-order valence-electron chi connectivity index (χ0n) is 8.46. The summed E-state index contributed by atoms with van der Waals surface area (Å²) in [5.41, 5.74) is -0.798. The molecule has 0 spiro atoms. The van der Waals surface area contributed by atoms with Crippen molar-refractivity contribution < 1.29 is 19.0 Å². The van der Waals surface area contributed by atoms with Crippen molar-refractivity contribution in [3.63, 3.8) is 0 Å². The minimum absolute atomic E-state index is 0.192. The Morgan fingerprint density at radius 3 is 2.21 bits per heavy atom. The van der Waals surface area contributed by atoms with E-state index in [9.17, 15) is 4.79 Å². The van der Waals surface area contributed by atoms with Gasteiger partial charge in [0.1, 0.15) is 6.61 Å². The van der Waals surface area contributed by atoms with Crippen molar-refractivity contribution in [1.29, 1.82) is 0 Å². The van der Waals surface area contributed by atoms with Crippen LogP contribution in [0.4, 0.5) is 4.79 Å². The molecule has 0 amide bonds. The van der Waals surface area contributed by atoms with Gasteiger partial charge in [-0.2, -0.15) is 0 Å². The summed E-state index contributed by atoms with van der Waals surface area (Å²) in [5.74, 6) is 0. The first-order valence-corrected chi connectivity index (χ1v) is 5.13. The molecule has 0 aromatic heterocycles. The van der Waals surface area contributed by atoms with Crippen LogP contribution in [0, 0.1) is 0 Å². The second-order valence-electron chi connectivity index (χ2n) is 2.66. The van der Waals surface area contributed by atoms with Crippen LogP contribution in [-0.2, 0) is 14.2 Å². The van der Waals surface area contributed by atoms with E-state index >= 15 is 0 Å². The molecule has 0 fully saturated rings. The minimum atomic E-state index is -0.798. The fourth-order valence-corrected chi connectivity index (χ4v) is 0.826. The molecule has 0 aromatic carbocycles. The highest BCUT2D eigenvalue weighted by molar-refractivity contribution is 6.61. The van der Waals surface area contributed by atoms with Crippen LogP contribution in [-0.4, -0.2) is 38.5 Å². The van der Waals surface area contributed by atoms with E-state index in [0.29, 0.717) is 19.8 Å². The highest BCUT2D eigenvalue weighted by atomic mass is 35.5. The summed E-state index contributed by atoms with van der Waals surface area (Å²) in [4.78, 5) is 10.1. The largest absolute Gasteiger partial charge is 0.451 e. The van der Waals surface area contributed by atoms with E-state index in [0.717, 1.165) is 19.4 Å². The SMILES string of the molecule is CCCCOCCOCCOC(=O)Cl. The molecule has 0 bridgehead atoms. The van der Waals surface area contributed by atoms with Gasteiger partial charge in [-0.3, -0.25) is 0 Å². The first-order chi connectivity index (χ1) is 6.77. The van der Waals surface area contributed by atoms with E-state index < -0.39 is 5.43 Å². The molecule has 14 heavy (non-hydrogen) atoms. The number of unbranched alkanes of at least 4 members (excludes halogenated alkanes) is 1. The molecule has 0 atom stereocenters. The van der Waals surface area contributed by atoms with Crippen LogP contribution < -0.4 is 0 Å². The molecule has 0 radical (unpaired) electrons. The molecule has 0 saturated carbocycles. The zero-order chi connectivity index (χ0) is 10.6. The number of carbonyl (C=O) groups excluding carboxylic acids is 1. The second kappa shape index (κ2) is 10.8. The van der Waals surface area contributed by atoms with Crippen LogP contribution in [0.2, 0.25) is 0 Å². The summed E-state index contributed by atoms with van der Waals surface area (Å²) in [5, 5.41) is 0. The Hall–Kier alpha value is -0.320. The van der Waals surface area contributed by atoms with Gasteiger partial charge in [0.15, 0.2) is 0 Å². The van der Waals surface area contributed by atoms with E-state index in [1.165, 1.54) is 0 Å². The fraction of sp³-hybridized carbons (Fsp3) is 0.889. The quantitative estimate of drug-likeness (QED) is 0.445. The van der Waals surface area contributed by atoms with Gasteiger partial charge in [-0.15, -0.1) is 0 Å². The van der Waals surface area contributed by atoms with Gasteiger partial charge in [0.2, 0.25) is 0 Å². The molecule has 84 valence electrons. The summed E-state index contributed by atoms with van der Waals surface area (Å²) in [6.07, 6.45) is 2.20. The summed E-state index contributed by atoms with van der Waals surface area (Å²) in [7, 11) is 0. The molecule has 0 aliphatic carbocycles. The van der Waals surface area contributed by atoms with Crippen LogP contribution in [0.15, 0.2) is 0 Å². The lowest BCUT2D eigenvalue weighted by molar-refractivity contribution is 0.0304. The Bertz CT molecular complexity index is 141. The van der Waals surface area contributed by atoms with Gasteiger partial charge in [0, 0.05) is 18.2 Å². The maximum absolute atomic E-state index is 10.1. The molecule has 0 N–H and O–H groups in total. The van der Waals surface area contributed by atoms with Gasteiger partial charge in [-0.1, -0.05) is 13.3 Å². The summed E-state index contributed by atoms with van der Waals surface area (Å²) < 4.78 is 14.8. The second-order valence-corrected chi connectivity index (χ2v) is 2.97. The monoisotopic (exact) mass is 224 g/mol. The normalized spacial score (nSPS) is 10.1. The van der Waals surface area contributed by atoms with Crippen molar-refractivity contribution in [2.24, 2.45) is 0 Å². The van der Waals surface area contributed by atoms with E-state index in [1.807, 2.05) is 0 Å². The van der Waals surface area contributed by atoms with Crippen molar-refractivity contribution in [1.82, 2.24) is 0 Å². The molecular formula is C9H17ClO4. The lowest BCUT2D eigenvalue weighted by Crippen LogP contribution is -2.10. The number of rotatable bonds is 9. The van der Waals surface area contributed by atoms with E-state index in [2.05, 4.69) is 11.7 Å². The highest BCUT2D eigenvalue weighted by Gasteiger charge is 1.94. The van der Waals surface area contributed by atoms with Crippen molar-refractivity contribution in [2.75, 3.05) is 33.0 Å². The van der Waals surface area contributed by atoms with Gasteiger partial charge in [0.05, 0.1) is 19.8 Å². The fourth-order valence-electron chi connectivity index (χ4n) is 0.749. The predicted octanol–water partition coefficient (Wildman–Crippen LogP) is 2.20. The smallest absolute Gasteiger partial charge is 0.403 e. The van der Waals surface area contributed by atoms with Gasteiger partial charge in [-0.25, -0.2) is 4.79 Å². The van der Waals surface area contributed by atoms with Gasteiger partial charge < -0.3 is 14.2 Å². The first kappa shape index (κ1) is 13.7. The van der Waals surface area contributed by atoms with Gasteiger partial charge in [0.25, 0.3) is 0 Å². The van der Waals surface area contributed by atoms with Crippen molar-refractivity contribution in [3.05, 3.63) is 0 Å². The van der Waals surface area contributed by atoms with E-state index in [-0.39, 0.29) is 6.61 Å². The van der Waals surface area contributed by atoms with Crippen LogP contribution in [0.3, 0.4) is 0 Å². The maximum Gasteiger partial charge on any atom is 0.403 e. The van der Waals surface area contributed by atoms with E-state index in [4.69, 9.17) is 21.1 Å². The molecule has 0 aliphatic rings. The van der Waals surface area contributed by atoms with Crippen molar-refractivity contribution in [3.8, 4) is 0 Å². The molecule has 0 saturated heterocycles. The molecule has 4 nitrogen and oxygen atoms in total. The lowest BCUT2D eigenvalue weighted by atomic mass is 10.4. The molecule has 0 unspecified atom stereocenters. The van der Waals surface area contributed by atoms with Crippen molar-refractivity contribution >= 4 is 17.0 Å². The summed E-state index contributed by atoms with van der Waals surface area (Å²) in [6, 6.07) is 0. The van der Waals surface area contributed by atoms with Crippen LogP contribution in [0.1, 0.15) is 19.8 Å². The number of hydrogen-bond donors (Lipinski definition) is 0. The molecule has 0 aromatic rings. The maximum atomic E-state index is 10.1. The molecule has 0 rings (SSSR count). The third-order valence-corrected chi connectivity index (χ3v) is 1.57. The van der Waals surface area contributed by atoms with E-state index in [1.54, 1.807) is 0 Å². The number of carbonyl (C=O) groups is 1.